The zero-order chi connectivity index (χ0) is 7.56. The molecule has 0 spiro atoms. The summed E-state index contributed by atoms with van der Waals surface area (Å²) in [5, 5.41) is 0. The van der Waals surface area contributed by atoms with Crippen LogP contribution in [0.3, 0.4) is 0 Å². The van der Waals surface area contributed by atoms with Crippen LogP contribution in [0.15, 0.2) is 18.7 Å². The first-order valence-electron chi connectivity index (χ1n) is 2.99. The fourth-order valence-electron chi connectivity index (χ4n) is 0.632. The number of nitrogens with zero attached hydrogens (tertiary/aromatic N) is 1. The average Bonchev–Trinajstić information content (AvgIpc) is 1.95. The van der Waals surface area contributed by atoms with Crippen molar-refractivity contribution in [2.24, 2.45) is 0 Å². The van der Waals surface area contributed by atoms with Crippen molar-refractivity contribution in [1.29, 1.82) is 0 Å². The highest BCUT2D eigenvalue weighted by atomic mass is 19.1. The molecular formula is C8H8FN. The quantitative estimate of drug-likeness (QED) is 0.540. The van der Waals surface area contributed by atoms with E-state index in [1.165, 1.54) is 6.08 Å². The van der Waals surface area contributed by atoms with Gasteiger partial charge in [-0.1, -0.05) is 12.6 Å². The van der Waals surface area contributed by atoms with Gasteiger partial charge in [-0.3, -0.25) is 0 Å². The lowest BCUT2D eigenvalue weighted by molar-refractivity contribution is 0.573. The summed E-state index contributed by atoms with van der Waals surface area (Å²) >= 11 is 0. The molecule has 1 aromatic rings. The molecule has 0 aliphatic heterocycles. The zero-order valence-corrected chi connectivity index (χ0v) is 5.76. The molecule has 0 saturated carbocycles. The van der Waals surface area contributed by atoms with E-state index in [1.807, 2.05) is 0 Å². The van der Waals surface area contributed by atoms with E-state index in [9.17, 15) is 4.39 Å². The summed E-state index contributed by atoms with van der Waals surface area (Å²) in [6.07, 6.45) is 1.52. The molecule has 0 aliphatic carbocycles. The van der Waals surface area contributed by atoms with Crippen molar-refractivity contribution in [1.82, 2.24) is 4.98 Å². The largest absolute Gasteiger partial charge is 0.220 e. The maximum absolute atomic E-state index is 12.6. The summed E-state index contributed by atoms with van der Waals surface area (Å²) in [7, 11) is 0. The predicted molar refractivity (Wildman–Crippen MR) is 39.0 cm³/mol. The van der Waals surface area contributed by atoms with Crippen molar-refractivity contribution >= 4 is 6.08 Å². The molecule has 0 bridgehead atoms. The van der Waals surface area contributed by atoms with E-state index in [-0.39, 0.29) is 0 Å². The first kappa shape index (κ1) is 6.93. The van der Waals surface area contributed by atoms with Crippen molar-refractivity contribution in [3.8, 4) is 0 Å². The summed E-state index contributed by atoms with van der Waals surface area (Å²) < 4.78 is 12.6. The predicted octanol–water partition coefficient (Wildman–Crippen LogP) is 2.17. The Balaban J connectivity index is 3.16. The SMILES string of the molecule is C=Cc1ccc(C)c(F)n1. The van der Waals surface area contributed by atoms with Gasteiger partial charge in [0.2, 0.25) is 5.95 Å². The lowest BCUT2D eigenvalue weighted by atomic mass is 10.3. The van der Waals surface area contributed by atoms with Crippen LogP contribution in [0.4, 0.5) is 4.39 Å². The van der Waals surface area contributed by atoms with E-state index in [2.05, 4.69) is 11.6 Å². The molecule has 1 heterocycles. The molecule has 52 valence electrons. The van der Waals surface area contributed by atoms with Crippen LogP contribution in [0.2, 0.25) is 0 Å². The second kappa shape index (κ2) is 2.60. The fraction of sp³-hybridized carbons (Fsp3) is 0.125. The van der Waals surface area contributed by atoms with E-state index in [0.717, 1.165) is 0 Å². The minimum absolute atomic E-state index is 0.419. The average molecular weight is 137 g/mol. The van der Waals surface area contributed by atoms with Gasteiger partial charge in [0.25, 0.3) is 0 Å². The van der Waals surface area contributed by atoms with Gasteiger partial charge in [0.1, 0.15) is 0 Å². The van der Waals surface area contributed by atoms with Crippen LogP contribution < -0.4 is 0 Å². The summed E-state index contributed by atoms with van der Waals surface area (Å²) in [5.74, 6) is -0.419. The molecule has 10 heavy (non-hydrogen) atoms. The summed E-state index contributed by atoms with van der Waals surface area (Å²) in [5.41, 5.74) is 1.13. The Labute approximate surface area is 59.2 Å². The molecule has 2 heteroatoms. The number of aromatic nitrogens is 1. The lowest BCUT2D eigenvalue weighted by Gasteiger charge is -1.94. The summed E-state index contributed by atoms with van der Waals surface area (Å²) in [4.78, 5) is 3.61. The van der Waals surface area contributed by atoms with E-state index >= 15 is 0 Å². The van der Waals surface area contributed by atoms with Crippen LogP contribution in [0.5, 0.6) is 0 Å². The molecule has 0 N–H and O–H groups in total. The smallest absolute Gasteiger partial charge is 0.216 e. The van der Waals surface area contributed by atoms with Gasteiger partial charge < -0.3 is 0 Å². The highest BCUT2D eigenvalue weighted by Gasteiger charge is 1.96. The Hall–Kier alpha value is -1.18. The van der Waals surface area contributed by atoms with Crippen LogP contribution in [-0.2, 0) is 0 Å². The Morgan fingerprint density at radius 1 is 1.60 bits per heavy atom. The van der Waals surface area contributed by atoms with Gasteiger partial charge in [0, 0.05) is 5.56 Å². The molecule has 0 amide bonds. The van der Waals surface area contributed by atoms with E-state index in [1.54, 1.807) is 19.1 Å². The Bertz CT molecular complexity index is 255. The maximum Gasteiger partial charge on any atom is 0.216 e. The van der Waals surface area contributed by atoms with Gasteiger partial charge in [-0.2, -0.15) is 4.39 Å². The molecule has 0 radical (unpaired) electrons. The molecule has 1 aromatic heterocycles. The second-order valence-electron chi connectivity index (χ2n) is 2.05. The first-order valence-corrected chi connectivity index (χ1v) is 2.99. The normalized spacial score (nSPS) is 9.40. The Kier molecular flexibility index (Phi) is 1.81. The van der Waals surface area contributed by atoms with Gasteiger partial charge in [0.15, 0.2) is 0 Å². The van der Waals surface area contributed by atoms with E-state index in [0.29, 0.717) is 11.3 Å². The monoisotopic (exact) mass is 137 g/mol. The van der Waals surface area contributed by atoms with Gasteiger partial charge in [0.05, 0.1) is 5.69 Å². The molecule has 0 atom stereocenters. The molecular weight excluding hydrogens is 129 g/mol. The number of hydrogen-bond acceptors (Lipinski definition) is 1. The standard InChI is InChI=1S/C8H8FN/c1-3-7-5-4-6(2)8(9)10-7/h3-5H,1H2,2H3. The minimum atomic E-state index is -0.419. The number of rotatable bonds is 1. The van der Waals surface area contributed by atoms with Crippen LogP contribution in [0.1, 0.15) is 11.3 Å². The third-order valence-electron chi connectivity index (χ3n) is 1.27. The van der Waals surface area contributed by atoms with Crippen LogP contribution in [0, 0.1) is 12.9 Å². The first-order chi connectivity index (χ1) is 4.74. The highest BCUT2D eigenvalue weighted by Crippen LogP contribution is 2.04. The second-order valence-corrected chi connectivity index (χ2v) is 2.05. The van der Waals surface area contributed by atoms with Crippen LogP contribution in [-0.4, -0.2) is 4.98 Å². The van der Waals surface area contributed by atoms with E-state index < -0.39 is 5.95 Å². The van der Waals surface area contributed by atoms with Gasteiger partial charge >= 0.3 is 0 Å². The Morgan fingerprint density at radius 3 is 2.80 bits per heavy atom. The molecule has 1 nitrogen and oxygen atoms in total. The topological polar surface area (TPSA) is 12.9 Å². The van der Waals surface area contributed by atoms with Crippen molar-refractivity contribution in [2.45, 2.75) is 6.92 Å². The van der Waals surface area contributed by atoms with Crippen molar-refractivity contribution in [2.75, 3.05) is 0 Å². The van der Waals surface area contributed by atoms with E-state index in [4.69, 9.17) is 0 Å². The van der Waals surface area contributed by atoms with Gasteiger partial charge in [-0.25, -0.2) is 4.98 Å². The molecule has 0 unspecified atom stereocenters. The number of aryl methyl sites for hydroxylation is 1. The highest BCUT2D eigenvalue weighted by molar-refractivity contribution is 5.41. The van der Waals surface area contributed by atoms with Crippen LogP contribution >= 0.6 is 0 Å². The number of halogens is 1. The summed E-state index contributed by atoms with van der Waals surface area (Å²) in [6.45, 7) is 5.15. The summed E-state index contributed by atoms with van der Waals surface area (Å²) in [6, 6.07) is 3.41. The molecule has 0 aromatic carbocycles. The Morgan fingerprint density at radius 2 is 2.30 bits per heavy atom. The maximum atomic E-state index is 12.6. The van der Waals surface area contributed by atoms with Crippen molar-refractivity contribution < 1.29 is 4.39 Å². The third kappa shape index (κ3) is 1.21. The zero-order valence-electron chi connectivity index (χ0n) is 5.76. The van der Waals surface area contributed by atoms with Crippen LogP contribution in [0.25, 0.3) is 6.08 Å². The fourth-order valence-corrected chi connectivity index (χ4v) is 0.632. The van der Waals surface area contributed by atoms with Gasteiger partial charge in [-0.15, -0.1) is 0 Å². The molecule has 1 rings (SSSR count). The lowest BCUT2D eigenvalue weighted by Crippen LogP contribution is -1.89. The number of hydrogen-bond donors (Lipinski definition) is 0. The molecule has 0 aliphatic rings. The number of pyridine rings is 1. The van der Waals surface area contributed by atoms with Gasteiger partial charge in [-0.05, 0) is 19.1 Å². The van der Waals surface area contributed by atoms with Crippen molar-refractivity contribution in [3.05, 3.63) is 35.9 Å². The molecule has 0 fully saturated rings. The molecule has 0 saturated heterocycles. The third-order valence-corrected chi connectivity index (χ3v) is 1.27. The minimum Gasteiger partial charge on any atom is -0.220 e. The van der Waals surface area contributed by atoms with Crippen molar-refractivity contribution in [3.63, 3.8) is 0 Å².